The van der Waals surface area contributed by atoms with Crippen molar-refractivity contribution < 1.29 is 14.3 Å². The largest absolute Gasteiger partial charge is 0.481 e. The number of nitrogens with zero attached hydrogens (tertiary/aromatic N) is 1. The average molecular weight is 316 g/mol. The van der Waals surface area contributed by atoms with E-state index in [1.165, 1.54) is 12.1 Å². The van der Waals surface area contributed by atoms with Crippen molar-refractivity contribution >= 4 is 21.9 Å². The summed E-state index contributed by atoms with van der Waals surface area (Å²) in [5.41, 5.74) is 0.994. The number of rotatable bonds is 6. The van der Waals surface area contributed by atoms with Crippen molar-refractivity contribution in [2.75, 3.05) is 6.54 Å². The Balaban J connectivity index is 2.01. The predicted molar refractivity (Wildman–Crippen MR) is 69.8 cm³/mol. The summed E-state index contributed by atoms with van der Waals surface area (Å²) in [4.78, 5) is 12.8. The molecule has 0 aliphatic heterocycles. The van der Waals surface area contributed by atoms with Gasteiger partial charge in [-0.05, 0) is 30.5 Å². The van der Waals surface area contributed by atoms with Crippen molar-refractivity contribution in [2.45, 2.75) is 31.8 Å². The van der Waals surface area contributed by atoms with E-state index in [1.54, 1.807) is 6.07 Å². The van der Waals surface area contributed by atoms with Crippen molar-refractivity contribution in [3.8, 4) is 0 Å². The molecule has 1 saturated carbocycles. The highest BCUT2D eigenvalue weighted by Crippen LogP contribution is 2.30. The fraction of sp³-hybridized carbons (Fsp3) is 0.462. The van der Waals surface area contributed by atoms with Crippen LogP contribution in [0, 0.1) is 5.82 Å². The van der Waals surface area contributed by atoms with Crippen LogP contribution in [0.3, 0.4) is 0 Å². The van der Waals surface area contributed by atoms with Crippen LogP contribution in [0.2, 0.25) is 0 Å². The Hall–Kier alpha value is -0.940. The van der Waals surface area contributed by atoms with Crippen molar-refractivity contribution in [3.05, 3.63) is 34.1 Å². The van der Waals surface area contributed by atoms with Crippen LogP contribution in [0.4, 0.5) is 4.39 Å². The molecule has 1 N–H and O–H groups in total. The lowest BCUT2D eigenvalue weighted by atomic mass is 10.2. The molecule has 1 aromatic carbocycles. The number of carboxylic acids is 1. The van der Waals surface area contributed by atoms with Crippen molar-refractivity contribution in [1.82, 2.24) is 4.90 Å². The molecule has 0 amide bonds. The number of hydrogen-bond acceptors (Lipinski definition) is 2. The van der Waals surface area contributed by atoms with Gasteiger partial charge in [0.05, 0.1) is 6.42 Å². The maximum absolute atomic E-state index is 13.0. The highest BCUT2D eigenvalue weighted by Gasteiger charge is 2.29. The summed E-state index contributed by atoms with van der Waals surface area (Å²) in [6, 6.07) is 5.11. The molecular formula is C13H15BrFNO2. The second-order valence-electron chi connectivity index (χ2n) is 4.58. The maximum atomic E-state index is 13.0. The first kappa shape index (κ1) is 13.5. The zero-order valence-electron chi connectivity index (χ0n) is 9.90. The Morgan fingerprint density at radius 1 is 1.50 bits per heavy atom. The Morgan fingerprint density at radius 3 is 2.78 bits per heavy atom. The van der Waals surface area contributed by atoms with Gasteiger partial charge in [-0.25, -0.2) is 4.39 Å². The minimum absolute atomic E-state index is 0.148. The smallest absolute Gasteiger partial charge is 0.304 e. The van der Waals surface area contributed by atoms with Crippen LogP contribution in [0.1, 0.15) is 24.8 Å². The van der Waals surface area contributed by atoms with Crippen molar-refractivity contribution in [1.29, 1.82) is 0 Å². The molecule has 0 radical (unpaired) electrons. The normalized spacial score (nSPS) is 15.1. The van der Waals surface area contributed by atoms with Gasteiger partial charge in [-0.2, -0.15) is 0 Å². The minimum atomic E-state index is -0.779. The van der Waals surface area contributed by atoms with Crippen LogP contribution < -0.4 is 0 Å². The molecular weight excluding hydrogens is 301 g/mol. The van der Waals surface area contributed by atoms with E-state index in [0.29, 0.717) is 19.1 Å². The molecule has 5 heteroatoms. The highest BCUT2D eigenvalue weighted by molar-refractivity contribution is 9.10. The molecule has 98 valence electrons. The molecule has 2 rings (SSSR count). The summed E-state index contributed by atoms with van der Waals surface area (Å²) in [5.74, 6) is -1.05. The van der Waals surface area contributed by atoms with Crippen molar-refractivity contribution in [3.63, 3.8) is 0 Å². The van der Waals surface area contributed by atoms with Gasteiger partial charge in [0.25, 0.3) is 0 Å². The second kappa shape index (κ2) is 5.80. The lowest BCUT2D eigenvalue weighted by molar-refractivity contribution is -0.137. The van der Waals surface area contributed by atoms with E-state index in [9.17, 15) is 9.18 Å². The van der Waals surface area contributed by atoms with E-state index in [-0.39, 0.29) is 12.2 Å². The summed E-state index contributed by atoms with van der Waals surface area (Å²) in [6.07, 6.45) is 2.40. The predicted octanol–water partition coefficient (Wildman–Crippen LogP) is 3.03. The topological polar surface area (TPSA) is 40.5 Å². The van der Waals surface area contributed by atoms with Crippen LogP contribution in [-0.2, 0) is 11.3 Å². The first-order valence-corrected chi connectivity index (χ1v) is 6.75. The number of benzene rings is 1. The molecule has 0 aromatic heterocycles. The third kappa shape index (κ3) is 3.78. The standard InChI is InChI=1S/C13H15BrFNO2/c14-12-7-10(15)2-1-9(12)8-16(11-3-4-11)6-5-13(17)18/h1-2,7,11H,3-6,8H2,(H,17,18). The quantitative estimate of drug-likeness (QED) is 0.877. The van der Waals surface area contributed by atoms with E-state index < -0.39 is 5.97 Å². The average Bonchev–Trinajstić information content (AvgIpc) is 3.10. The van der Waals surface area contributed by atoms with E-state index >= 15 is 0 Å². The highest BCUT2D eigenvalue weighted by atomic mass is 79.9. The van der Waals surface area contributed by atoms with Gasteiger partial charge in [0.2, 0.25) is 0 Å². The summed E-state index contributed by atoms with van der Waals surface area (Å²) in [6.45, 7) is 1.21. The number of carboxylic acid groups (broad SMARTS) is 1. The SMILES string of the molecule is O=C(O)CCN(Cc1ccc(F)cc1Br)C1CC1. The molecule has 0 unspecified atom stereocenters. The van der Waals surface area contributed by atoms with E-state index in [4.69, 9.17) is 5.11 Å². The van der Waals surface area contributed by atoms with Gasteiger partial charge in [-0.1, -0.05) is 22.0 Å². The third-order valence-corrected chi connectivity index (χ3v) is 3.80. The fourth-order valence-electron chi connectivity index (χ4n) is 1.94. The monoisotopic (exact) mass is 315 g/mol. The van der Waals surface area contributed by atoms with Gasteiger partial charge in [0.15, 0.2) is 0 Å². The number of hydrogen-bond donors (Lipinski definition) is 1. The van der Waals surface area contributed by atoms with E-state index in [2.05, 4.69) is 20.8 Å². The number of aliphatic carboxylic acids is 1. The third-order valence-electron chi connectivity index (χ3n) is 3.06. The van der Waals surface area contributed by atoms with Crippen LogP contribution in [0.5, 0.6) is 0 Å². The first-order valence-electron chi connectivity index (χ1n) is 5.96. The van der Waals surface area contributed by atoms with E-state index in [1.807, 2.05) is 0 Å². The molecule has 0 saturated heterocycles. The second-order valence-corrected chi connectivity index (χ2v) is 5.44. The number of carbonyl (C=O) groups is 1. The molecule has 0 bridgehead atoms. The molecule has 1 aliphatic carbocycles. The molecule has 18 heavy (non-hydrogen) atoms. The lowest BCUT2D eigenvalue weighted by Gasteiger charge is -2.21. The Morgan fingerprint density at radius 2 is 2.22 bits per heavy atom. The molecule has 0 heterocycles. The van der Waals surface area contributed by atoms with Crippen LogP contribution in [0.25, 0.3) is 0 Å². The number of halogens is 2. The van der Waals surface area contributed by atoms with Crippen molar-refractivity contribution in [2.24, 2.45) is 0 Å². The van der Waals surface area contributed by atoms with Gasteiger partial charge >= 0.3 is 5.97 Å². The lowest BCUT2D eigenvalue weighted by Crippen LogP contribution is -2.28. The van der Waals surface area contributed by atoms with Gasteiger partial charge in [0, 0.05) is 23.6 Å². The zero-order valence-corrected chi connectivity index (χ0v) is 11.5. The molecule has 1 fully saturated rings. The van der Waals surface area contributed by atoms with Gasteiger partial charge in [-0.15, -0.1) is 0 Å². The van der Waals surface area contributed by atoms with Crippen LogP contribution >= 0.6 is 15.9 Å². The van der Waals surface area contributed by atoms with Gasteiger partial charge in [-0.3, -0.25) is 9.69 Å². The zero-order chi connectivity index (χ0) is 13.1. The Kier molecular flexibility index (Phi) is 4.35. The first-order chi connectivity index (χ1) is 8.56. The van der Waals surface area contributed by atoms with Gasteiger partial charge < -0.3 is 5.11 Å². The fourth-order valence-corrected chi connectivity index (χ4v) is 2.41. The molecule has 3 nitrogen and oxygen atoms in total. The van der Waals surface area contributed by atoms with E-state index in [0.717, 1.165) is 22.9 Å². The van der Waals surface area contributed by atoms with Crippen LogP contribution in [0.15, 0.2) is 22.7 Å². The minimum Gasteiger partial charge on any atom is -0.481 e. The maximum Gasteiger partial charge on any atom is 0.304 e. The summed E-state index contributed by atoms with van der Waals surface area (Å²) < 4.78 is 13.7. The summed E-state index contributed by atoms with van der Waals surface area (Å²) in [5, 5.41) is 8.74. The molecule has 1 aliphatic rings. The molecule has 1 aromatic rings. The summed E-state index contributed by atoms with van der Waals surface area (Å²) >= 11 is 3.34. The molecule has 0 atom stereocenters. The Labute approximate surface area is 114 Å². The Bertz CT molecular complexity index is 449. The van der Waals surface area contributed by atoms with Crippen LogP contribution in [-0.4, -0.2) is 28.6 Å². The van der Waals surface area contributed by atoms with Gasteiger partial charge in [0.1, 0.15) is 5.82 Å². The summed E-state index contributed by atoms with van der Waals surface area (Å²) in [7, 11) is 0. The molecule has 0 spiro atoms.